The van der Waals surface area contributed by atoms with Gasteiger partial charge in [0, 0.05) is 26.0 Å². The van der Waals surface area contributed by atoms with E-state index in [1.165, 1.54) is 5.56 Å². The predicted octanol–water partition coefficient (Wildman–Crippen LogP) is 3.51. The standard InChI is InChI=1S/C17H21N5/c1-4-15(12-6-5-7-13(10-12)18-2)22-9-8-14-16(19-3)20-11-21-17(14)22/h5-11,15,18H,4H2,1-3H3,(H,19,20,21). The van der Waals surface area contributed by atoms with Crippen LogP contribution in [0.25, 0.3) is 11.0 Å². The lowest BCUT2D eigenvalue weighted by Crippen LogP contribution is -2.10. The molecular formula is C17H21N5. The molecule has 114 valence electrons. The number of hydrogen-bond acceptors (Lipinski definition) is 4. The van der Waals surface area contributed by atoms with Crippen LogP contribution in [0.5, 0.6) is 0 Å². The fourth-order valence-corrected chi connectivity index (χ4v) is 2.92. The third kappa shape index (κ3) is 2.39. The van der Waals surface area contributed by atoms with Gasteiger partial charge in [-0.25, -0.2) is 9.97 Å². The molecule has 0 radical (unpaired) electrons. The summed E-state index contributed by atoms with van der Waals surface area (Å²) < 4.78 is 2.23. The second-order valence-electron chi connectivity index (χ2n) is 5.23. The number of fused-ring (bicyclic) bond motifs is 1. The first-order valence-corrected chi connectivity index (χ1v) is 7.55. The van der Waals surface area contributed by atoms with E-state index in [0.717, 1.165) is 29.0 Å². The van der Waals surface area contributed by atoms with E-state index in [4.69, 9.17) is 0 Å². The van der Waals surface area contributed by atoms with E-state index >= 15 is 0 Å². The second kappa shape index (κ2) is 6.05. The van der Waals surface area contributed by atoms with Gasteiger partial charge in [-0.2, -0.15) is 0 Å². The van der Waals surface area contributed by atoms with Gasteiger partial charge in [0.2, 0.25) is 0 Å². The van der Waals surface area contributed by atoms with E-state index in [0.29, 0.717) is 0 Å². The highest BCUT2D eigenvalue weighted by molar-refractivity contribution is 5.87. The van der Waals surface area contributed by atoms with Crippen LogP contribution in [0.3, 0.4) is 0 Å². The van der Waals surface area contributed by atoms with Crippen molar-refractivity contribution in [1.29, 1.82) is 0 Å². The Balaban J connectivity index is 2.11. The topological polar surface area (TPSA) is 54.8 Å². The third-order valence-corrected chi connectivity index (χ3v) is 4.03. The first-order valence-electron chi connectivity index (χ1n) is 7.55. The maximum Gasteiger partial charge on any atom is 0.146 e. The molecule has 3 rings (SSSR count). The summed E-state index contributed by atoms with van der Waals surface area (Å²) in [4.78, 5) is 8.76. The average molecular weight is 295 g/mol. The third-order valence-electron chi connectivity index (χ3n) is 4.03. The summed E-state index contributed by atoms with van der Waals surface area (Å²) in [7, 11) is 3.82. The Bertz CT molecular complexity index is 778. The van der Waals surface area contributed by atoms with Crippen molar-refractivity contribution < 1.29 is 0 Å². The molecule has 0 aliphatic heterocycles. The molecule has 0 aliphatic carbocycles. The van der Waals surface area contributed by atoms with Gasteiger partial charge in [-0.3, -0.25) is 0 Å². The largest absolute Gasteiger partial charge is 0.388 e. The zero-order valence-electron chi connectivity index (χ0n) is 13.2. The Morgan fingerprint density at radius 3 is 2.73 bits per heavy atom. The van der Waals surface area contributed by atoms with Gasteiger partial charge in [0.1, 0.15) is 17.8 Å². The lowest BCUT2D eigenvalue weighted by atomic mass is 10.0. The molecule has 3 aromatic rings. The molecule has 2 heterocycles. The molecule has 2 N–H and O–H groups in total. The molecule has 0 spiro atoms. The Morgan fingerprint density at radius 2 is 2.00 bits per heavy atom. The average Bonchev–Trinajstić information content (AvgIpc) is 3.00. The predicted molar refractivity (Wildman–Crippen MR) is 91.5 cm³/mol. The first-order chi connectivity index (χ1) is 10.8. The van der Waals surface area contributed by atoms with Crippen LogP contribution in [-0.2, 0) is 0 Å². The summed E-state index contributed by atoms with van der Waals surface area (Å²) in [5, 5.41) is 7.38. The summed E-state index contributed by atoms with van der Waals surface area (Å²) in [6.07, 6.45) is 4.71. The highest BCUT2D eigenvalue weighted by Gasteiger charge is 2.16. The smallest absolute Gasteiger partial charge is 0.146 e. The zero-order valence-corrected chi connectivity index (χ0v) is 13.2. The van der Waals surface area contributed by atoms with Gasteiger partial charge in [-0.1, -0.05) is 19.1 Å². The lowest BCUT2D eigenvalue weighted by molar-refractivity contribution is 0.581. The molecule has 1 atom stereocenters. The van der Waals surface area contributed by atoms with Crippen LogP contribution in [0.1, 0.15) is 24.9 Å². The van der Waals surface area contributed by atoms with E-state index in [9.17, 15) is 0 Å². The Morgan fingerprint density at radius 1 is 1.14 bits per heavy atom. The number of rotatable bonds is 5. The van der Waals surface area contributed by atoms with Crippen molar-refractivity contribution in [3.63, 3.8) is 0 Å². The molecule has 0 bridgehead atoms. The molecule has 0 saturated carbocycles. The Kier molecular flexibility index (Phi) is 3.96. The number of benzene rings is 1. The SMILES string of the molecule is CCC(c1cccc(NC)c1)n1ccc2c(NC)ncnc21. The minimum Gasteiger partial charge on any atom is -0.388 e. The highest BCUT2D eigenvalue weighted by atomic mass is 15.1. The first kappa shape index (κ1) is 14.4. The number of anilines is 2. The molecule has 2 aromatic heterocycles. The minimum atomic E-state index is 0.255. The van der Waals surface area contributed by atoms with E-state index in [1.807, 2.05) is 14.1 Å². The second-order valence-corrected chi connectivity index (χ2v) is 5.23. The molecule has 5 heteroatoms. The number of hydrogen-bond donors (Lipinski definition) is 2. The van der Waals surface area contributed by atoms with Crippen LogP contribution in [-0.4, -0.2) is 28.6 Å². The highest BCUT2D eigenvalue weighted by Crippen LogP contribution is 2.29. The summed E-state index contributed by atoms with van der Waals surface area (Å²) >= 11 is 0. The fraction of sp³-hybridized carbons (Fsp3) is 0.294. The Labute approximate surface area is 130 Å². The molecular weight excluding hydrogens is 274 g/mol. The fourth-order valence-electron chi connectivity index (χ4n) is 2.92. The lowest BCUT2D eigenvalue weighted by Gasteiger charge is -2.19. The van der Waals surface area contributed by atoms with Crippen molar-refractivity contribution in [3.05, 3.63) is 48.4 Å². The van der Waals surface area contributed by atoms with Gasteiger partial charge in [-0.05, 0) is 30.2 Å². The molecule has 1 aromatic carbocycles. The molecule has 5 nitrogen and oxygen atoms in total. The summed E-state index contributed by atoms with van der Waals surface area (Å²) in [6, 6.07) is 10.9. The molecule has 0 saturated heterocycles. The van der Waals surface area contributed by atoms with E-state index in [1.54, 1.807) is 6.33 Å². The van der Waals surface area contributed by atoms with Gasteiger partial charge in [0.05, 0.1) is 11.4 Å². The molecule has 0 aliphatic rings. The van der Waals surface area contributed by atoms with E-state index in [-0.39, 0.29) is 6.04 Å². The van der Waals surface area contributed by atoms with E-state index in [2.05, 4.69) is 68.6 Å². The van der Waals surface area contributed by atoms with Crippen molar-refractivity contribution in [3.8, 4) is 0 Å². The van der Waals surface area contributed by atoms with Crippen molar-refractivity contribution >= 4 is 22.5 Å². The summed E-state index contributed by atoms with van der Waals surface area (Å²) in [5.41, 5.74) is 3.36. The van der Waals surface area contributed by atoms with Crippen molar-refractivity contribution in [2.75, 3.05) is 24.7 Å². The zero-order chi connectivity index (χ0) is 15.5. The van der Waals surface area contributed by atoms with Gasteiger partial charge in [-0.15, -0.1) is 0 Å². The minimum absolute atomic E-state index is 0.255. The van der Waals surface area contributed by atoms with Crippen LogP contribution in [0, 0.1) is 0 Å². The summed E-state index contributed by atoms with van der Waals surface area (Å²) in [5.74, 6) is 0.863. The van der Waals surface area contributed by atoms with Crippen molar-refractivity contribution in [2.24, 2.45) is 0 Å². The van der Waals surface area contributed by atoms with Crippen LogP contribution < -0.4 is 10.6 Å². The van der Waals surface area contributed by atoms with Crippen LogP contribution in [0.2, 0.25) is 0 Å². The molecule has 22 heavy (non-hydrogen) atoms. The van der Waals surface area contributed by atoms with Crippen LogP contribution in [0.15, 0.2) is 42.9 Å². The number of aromatic nitrogens is 3. The Hall–Kier alpha value is -2.56. The number of nitrogens with zero attached hydrogens (tertiary/aromatic N) is 3. The van der Waals surface area contributed by atoms with Gasteiger partial charge in [0.25, 0.3) is 0 Å². The van der Waals surface area contributed by atoms with Crippen molar-refractivity contribution in [1.82, 2.24) is 14.5 Å². The monoisotopic (exact) mass is 295 g/mol. The van der Waals surface area contributed by atoms with Crippen molar-refractivity contribution in [2.45, 2.75) is 19.4 Å². The molecule has 0 amide bonds. The normalized spacial score (nSPS) is 12.3. The molecule has 1 unspecified atom stereocenters. The van der Waals surface area contributed by atoms with Crippen LogP contribution in [0.4, 0.5) is 11.5 Å². The summed E-state index contributed by atoms with van der Waals surface area (Å²) in [6.45, 7) is 2.20. The maximum absolute atomic E-state index is 4.48. The van der Waals surface area contributed by atoms with Gasteiger partial charge >= 0.3 is 0 Å². The quantitative estimate of drug-likeness (QED) is 0.756. The maximum atomic E-state index is 4.48. The van der Waals surface area contributed by atoms with Gasteiger partial charge in [0.15, 0.2) is 0 Å². The van der Waals surface area contributed by atoms with Gasteiger partial charge < -0.3 is 15.2 Å². The van der Waals surface area contributed by atoms with Crippen LogP contribution >= 0.6 is 0 Å². The molecule has 0 fully saturated rings. The number of nitrogens with one attached hydrogen (secondary N) is 2. The van der Waals surface area contributed by atoms with E-state index < -0.39 is 0 Å².